The second-order valence-corrected chi connectivity index (χ2v) is 9.34. The molecule has 1 amide bonds. The number of carbonyl (C=O) groups excluding carboxylic acids is 1. The van der Waals surface area contributed by atoms with Crippen LogP contribution in [-0.4, -0.2) is 27.0 Å². The van der Waals surface area contributed by atoms with Crippen molar-refractivity contribution in [2.24, 2.45) is 29.6 Å². The van der Waals surface area contributed by atoms with Crippen LogP contribution in [0.2, 0.25) is 0 Å². The van der Waals surface area contributed by atoms with Crippen LogP contribution in [0.5, 0.6) is 5.75 Å². The van der Waals surface area contributed by atoms with Crippen LogP contribution < -0.4 is 10.1 Å². The number of fused-ring (bicyclic) bond motifs is 2. The number of ether oxygens (including phenoxy) is 1. The summed E-state index contributed by atoms with van der Waals surface area (Å²) < 4.78 is 20.0. The summed E-state index contributed by atoms with van der Waals surface area (Å²) in [5.41, 5.74) is 0.936. The van der Waals surface area contributed by atoms with Crippen LogP contribution in [0.1, 0.15) is 31.4 Å². The van der Waals surface area contributed by atoms with Crippen LogP contribution >= 0.6 is 0 Å². The third kappa shape index (κ3) is 3.78. The van der Waals surface area contributed by atoms with E-state index in [4.69, 9.17) is 10.00 Å². The lowest BCUT2D eigenvalue weighted by atomic mass is 9.91. The van der Waals surface area contributed by atoms with Gasteiger partial charge in [-0.15, -0.1) is 0 Å². The zero-order valence-corrected chi connectivity index (χ0v) is 17.8. The van der Waals surface area contributed by atoms with Crippen LogP contribution in [0, 0.1) is 46.7 Å². The average molecular weight is 443 g/mol. The van der Waals surface area contributed by atoms with Gasteiger partial charge in [0.1, 0.15) is 17.6 Å². The second kappa shape index (κ2) is 7.77. The largest absolute Gasteiger partial charge is 0.490 e. The molecule has 2 heterocycles. The maximum absolute atomic E-state index is 13.7. The molecule has 2 aromatic heterocycles. The molecule has 1 N–H and O–H groups in total. The first-order chi connectivity index (χ1) is 16.1. The molecule has 0 bridgehead atoms. The van der Waals surface area contributed by atoms with Crippen molar-refractivity contribution in [3.8, 4) is 11.8 Å². The van der Waals surface area contributed by atoms with Crippen LogP contribution in [0.25, 0.3) is 10.9 Å². The highest BCUT2D eigenvalue weighted by Crippen LogP contribution is 2.64. The summed E-state index contributed by atoms with van der Waals surface area (Å²) in [6, 6.07) is 8.26. The second-order valence-electron chi connectivity index (χ2n) is 9.34. The molecule has 0 spiro atoms. The fraction of sp³-hybridized carbons (Fsp3) is 0.400. The number of carbonyl (C=O) groups is 1. The number of rotatable bonds is 6. The summed E-state index contributed by atoms with van der Waals surface area (Å²) in [5, 5.41) is 12.5. The quantitative estimate of drug-likeness (QED) is 0.616. The van der Waals surface area contributed by atoms with Crippen LogP contribution in [-0.2, 0) is 4.79 Å². The zero-order valence-electron chi connectivity index (χ0n) is 17.8. The van der Waals surface area contributed by atoms with Gasteiger partial charge in [-0.05, 0) is 73.6 Å². The first kappa shape index (κ1) is 20.0. The molecule has 0 radical (unpaired) electrons. The Morgan fingerprint density at radius 2 is 1.97 bits per heavy atom. The molecule has 6 rings (SSSR count). The van der Waals surface area contributed by atoms with E-state index < -0.39 is 0 Å². The van der Waals surface area contributed by atoms with Gasteiger partial charge in [-0.3, -0.25) is 9.78 Å². The van der Waals surface area contributed by atoms with E-state index in [1.54, 1.807) is 18.3 Å². The molecule has 3 fully saturated rings. The van der Waals surface area contributed by atoms with Crippen LogP contribution in [0.3, 0.4) is 0 Å². The van der Waals surface area contributed by atoms with Crippen molar-refractivity contribution in [2.75, 3.05) is 5.32 Å². The van der Waals surface area contributed by atoms with Crippen LogP contribution in [0.4, 0.5) is 10.2 Å². The topological polar surface area (TPSA) is 101 Å². The van der Waals surface area contributed by atoms with E-state index in [0.717, 1.165) is 25.7 Å². The van der Waals surface area contributed by atoms with Gasteiger partial charge in [-0.1, -0.05) is 0 Å². The lowest BCUT2D eigenvalue weighted by molar-refractivity contribution is -0.121. The number of benzene rings is 1. The van der Waals surface area contributed by atoms with Gasteiger partial charge >= 0.3 is 0 Å². The molecule has 3 aliphatic carbocycles. The summed E-state index contributed by atoms with van der Waals surface area (Å²) in [6.45, 7) is 0. The third-order valence-corrected chi connectivity index (χ3v) is 7.29. The lowest BCUT2D eigenvalue weighted by Crippen LogP contribution is -2.29. The zero-order chi connectivity index (χ0) is 22.5. The normalized spacial score (nSPS) is 26.3. The predicted octanol–water partition coefficient (Wildman–Crippen LogP) is 4.10. The Morgan fingerprint density at radius 3 is 2.67 bits per heavy atom. The van der Waals surface area contributed by atoms with Crippen molar-refractivity contribution in [2.45, 2.75) is 31.8 Å². The number of nitrogens with zero attached hydrogens (tertiary/aromatic N) is 4. The van der Waals surface area contributed by atoms with Gasteiger partial charge in [0, 0.05) is 17.5 Å². The highest BCUT2D eigenvalue weighted by atomic mass is 19.1. The molecule has 166 valence electrons. The number of amides is 1. The van der Waals surface area contributed by atoms with E-state index in [0.29, 0.717) is 46.1 Å². The molecule has 3 saturated carbocycles. The molecule has 8 heteroatoms. The SMILES string of the molecule is N#Cc1cnc(NC(=O)C(C2CC2)[C@@H]2[C@@H]3C[C@@H](Oc4ccnc5ccc(F)cc45)C[C@@H]32)cn1. The van der Waals surface area contributed by atoms with Gasteiger partial charge in [0.05, 0.1) is 24.0 Å². The minimum absolute atomic E-state index is 0.00368. The molecule has 0 saturated heterocycles. The number of hydrogen-bond donors (Lipinski definition) is 1. The first-order valence-electron chi connectivity index (χ1n) is 11.3. The summed E-state index contributed by atoms with van der Waals surface area (Å²) in [7, 11) is 0. The fourth-order valence-corrected chi connectivity index (χ4v) is 5.66. The summed E-state index contributed by atoms with van der Waals surface area (Å²) in [6.07, 6.45) is 8.53. The number of aromatic nitrogens is 3. The van der Waals surface area contributed by atoms with Crippen molar-refractivity contribution in [1.29, 1.82) is 5.26 Å². The van der Waals surface area contributed by atoms with Gasteiger partial charge in [-0.25, -0.2) is 14.4 Å². The minimum Gasteiger partial charge on any atom is -0.490 e. The smallest absolute Gasteiger partial charge is 0.229 e. The van der Waals surface area contributed by atoms with Crippen molar-refractivity contribution in [3.05, 3.63) is 54.4 Å². The Morgan fingerprint density at radius 1 is 1.15 bits per heavy atom. The lowest BCUT2D eigenvalue weighted by Gasteiger charge is -2.22. The van der Waals surface area contributed by atoms with E-state index in [-0.39, 0.29) is 29.4 Å². The summed E-state index contributed by atoms with van der Waals surface area (Å²) >= 11 is 0. The van der Waals surface area contributed by atoms with E-state index >= 15 is 0 Å². The number of hydrogen-bond acceptors (Lipinski definition) is 6. The Bertz CT molecular complexity index is 1260. The van der Waals surface area contributed by atoms with Crippen molar-refractivity contribution in [3.63, 3.8) is 0 Å². The highest BCUT2D eigenvalue weighted by Gasteiger charge is 2.63. The molecular weight excluding hydrogens is 421 g/mol. The number of nitriles is 1. The molecule has 5 atom stereocenters. The minimum atomic E-state index is -0.306. The number of halogens is 1. The Labute approximate surface area is 190 Å². The predicted molar refractivity (Wildman–Crippen MR) is 117 cm³/mol. The maximum atomic E-state index is 13.7. The third-order valence-electron chi connectivity index (χ3n) is 7.29. The monoisotopic (exact) mass is 443 g/mol. The van der Waals surface area contributed by atoms with Crippen molar-refractivity contribution < 1.29 is 13.9 Å². The number of nitrogens with one attached hydrogen (secondary N) is 1. The van der Waals surface area contributed by atoms with E-state index in [2.05, 4.69) is 20.3 Å². The Balaban J connectivity index is 1.12. The Hall–Kier alpha value is -3.60. The number of anilines is 1. The van der Waals surface area contributed by atoms with E-state index in [9.17, 15) is 9.18 Å². The van der Waals surface area contributed by atoms with Gasteiger partial charge in [0.2, 0.25) is 5.91 Å². The average Bonchev–Trinajstić information content (AvgIpc) is 3.73. The van der Waals surface area contributed by atoms with Crippen molar-refractivity contribution >= 4 is 22.6 Å². The Kier molecular flexibility index (Phi) is 4.72. The van der Waals surface area contributed by atoms with Crippen molar-refractivity contribution in [1.82, 2.24) is 15.0 Å². The highest BCUT2D eigenvalue weighted by molar-refractivity contribution is 5.92. The van der Waals surface area contributed by atoms with E-state index in [1.807, 2.05) is 6.07 Å². The molecule has 3 aliphatic rings. The first-order valence-corrected chi connectivity index (χ1v) is 11.3. The molecule has 33 heavy (non-hydrogen) atoms. The van der Waals surface area contributed by atoms with Gasteiger partial charge in [0.25, 0.3) is 0 Å². The standard InChI is InChI=1S/C25H22FN5O2/c26-14-3-4-20-19(7-14)21(5-6-28-20)33-16-8-17-18(9-16)24(17)23(13-1-2-13)25(32)31-22-12-29-15(10-27)11-30-22/h3-7,11-13,16-18,23-24H,1-2,8-9H2,(H,30,31,32)/t16-,17-,18+,23?,24-. The summed E-state index contributed by atoms with van der Waals surface area (Å²) in [5.74, 6) is 2.48. The van der Waals surface area contributed by atoms with Gasteiger partial charge in [-0.2, -0.15) is 5.26 Å². The molecule has 1 aromatic carbocycles. The van der Waals surface area contributed by atoms with Crippen LogP contribution in [0.15, 0.2) is 42.9 Å². The molecule has 3 aromatic rings. The molecule has 7 nitrogen and oxygen atoms in total. The molecule has 1 unspecified atom stereocenters. The van der Waals surface area contributed by atoms with Gasteiger partial charge < -0.3 is 10.1 Å². The van der Waals surface area contributed by atoms with Gasteiger partial charge in [0.15, 0.2) is 11.5 Å². The molecular formula is C25H22FN5O2. The van der Waals surface area contributed by atoms with E-state index in [1.165, 1.54) is 24.5 Å². The maximum Gasteiger partial charge on any atom is 0.229 e. The number of pyridine rings is 1. The fourth-order valence-electron chi connectivity index (χ4n) is 5.66. The summed E-state index contributed by atoms with van der Waals surface area (Å²) in [4.78, 5) is 25.5. The molecule has 0 aliphatic heterocycles.